The number of amides is 3. The number of hydrogen-bond acceptors (Lipinski definition) is 5. The number of fused-ring (bicyclic) bond motifs is 1. The van der Waals surface area contributed by atoms with Crippen LogP contribution in [0.1, 0.15) is 42.1 Å². The number of halogens is 3. The van der Waals surface area contributed by atoms with Crippen LogP contribution in [0.4, 0.5) is 13.2 Å². The maximum absolute atomic E-state index is 13.4. The number of likely N-dealkylation sites (tertiary alicyclic amines) is 1. The fraction of sp³-hybridized carbons (Fsp3) is 0.348. The summed E-state index contributed by atoms with van der Waals surface area (Å²) in [6.45, 7) is 1.72. The minimum absolute atomic E-state index is 0.0111. The zero-order valence-corrected chi connectivity index (χ0v) is 17.7. The predicted molar refractivity (Wildman–Crippen MR) is 110 cm³/mol. The largest absolute Gasteiger partial charge is 0.416 e. The summed E-state index contributed by atoms with van der Waals surface area (Å²) in [4.78, 5) is 44.8. The SMILES string of the molecule is CC(c1ccccc1)N1C(=O)C2ON(CCC(N)=O)C(c3ccc(C(F)(F)F)cc3)C2C1=O. The van der Waals surface area contributed by atoms with E-state index < -0.39 is 53.6 Å². The van der Waals surface area contributed by atoms with Crippen molar-refractivity contribution < 1.29 is 32.4 Å². The van der Waals surface area contributed by atoms with E-state index in [1.54, 1.807) is 31.2 Å². The number of carbonyl (C=O) groups excluding carboxylic acids is 3. The van der Waals surface area contributed by atoms with Gasteiger partial charge in [0, 0.05) is 13.0 Å². The lowest BCUT2D eigenvalue weighted by atomic mass is 9.90. The van der Waals surface area contributed by atoms with Gasteiger partial charge in [0.25, 0.3) is 5.91 Å². The molecule has 4 rings (SSSR count). The van der Waals surface area contributed by atoms with E-state index in [-0.39, 0.29) is 13.0 Å². The van der Waals surface area contributed by atoms with Gasteiger partial charge in [0.2, 0.25) is 11.8 Å². The van der Waals surface area contributed by atoms with E-state index in [1.807, 2.05) is 6.07 Å². The number of benzene rings is 2. The van der Waals surface area contributed by atoms with E-state index in [9.17, 15) is 27.6 Å². The number of rotatable bonds is 6. The van der Waals surface area contributed by atoms with E-state index in [2.05, 4.69) is 0 Å². The summed E-state index contributed by atoms with van der Waals surface area (Å²) in [5.74, 6) is -2.58. The molecule has 2 aliphatic heterocycles. The Morgan fingerprint density at radius 3 is 2.27 bits per heavy atom. The molecule has 2 heterocycles. The van der Waals surface area contributed by atoms with Crippen LogP contribution in [0, 0.1) is 5.92 Å². The third-order valence-electron chi connectivity index (χ3n) is 6.06. The molecule has 0 bridgehead atoms. The number of hydroxylamine groups is 2. The lowest BCUT2D eigenvalue weighted by Gasteiger charge is -2.29. The van der Waals surface area contributed by atoms with Crippen molar-refractivity contribution in [1.29, 1.82) is 0 Å². The van der Waals surface area contributed by atoms with Crippen molar-refractivity contribution in [2.24, 2.45) is 11.7 Å². The maximum Gasteiger partial charge on any atom is 0.416 e. The average molecular weight is 461 g/mol. The minimum atomic E-state index is -4.51. The molecule has 7 nitrogen and oxygen atoms in total. The minimum Gasteiger partial charge on any atom is -0.370 e. The first kappa shape index (κ1) is 22.9. The van der Waals surface area contributed by atoms with Crippen LogP contribution >= 0.6 is 0 Å². The number of carbonyl (C=O) groups is 3. The molecule has 0 spiro atoms. The Morgan fingerprint density at radius 1 is 1.06 bits per heavy atom. The summed E-state index contributed by atoms with van der Waals surface area (Å²) in [5, 5.41) is 1.31. The van der Waals surface area contributed by atoms with Gasteiger partial charge in [-0.1, -0.05) is 42.5 Å². The highest BCUT2D eigenvalue weighted by molar-refractivity contribution is 6.07. The summed E-state index contributed by atoms with van der Waals surface area (Å²) in [5.41, 5.74) is 5.53. The van der Waals surface area contributed by atoms with Crippen molar-refractivity contribution >= 4 is 17.7 Å². The number of nitrogens with two attached hydrogens (primary N) is 1. The van der Waals surface area contributed by atoms with Gasteiger partial charge in [-0.15, -0.1) is 0 Å². The number of nitrogens with zero attached hydrogens (tertiary/aromatic N) is 2. The number of primary amides is 1. The summed E-state index contributed by atoms with van der Waals surface area (Å²) in [6.07, 6.45) is -5.76. The van der Waals surface area contributed by atoms with Crippen molar-refractivity contribution in [3.63, 3.8) is 0 Å². The molecule has 10 heteroatoms. The monoisotopic (exact) mass is 461 g/mol. The van der Waals surface area contributed by atoms with E-state index in [0.29, 0.717) is 5.56 Å². The zero-order valence-electron chi connectivity index (χ0n) is 17.7. The molecule has 33 heavy (non-hydrogen) atoms. The molecule has 2 fully saturated rings. The molecule has 0 saturated carbocycles. The molecular formula is C23H22F3N3O4. The van der Waals surface area contributed by atoms with Gasteiger partial charge in [0.15, 0.2) is 6.10 Å². The molecule has 3 amide bonds. The number of alkyl halides is 3. The van der Waals surface area contributed by atoms with Gasteiger partial charge in [0.05, 0.1) is 23.6 Å². The van der Waals surface area contributed by atoms with Crippen molar-refractivity contribution in [2.45, 2.75) is 37.7 Å². The zero-order chi connectivity index (χ0) is 23.9. The summed E-state index contributed by atoms with van der Waals surface area (Å²) >= 11 is 0. The third kappa shape index (κ3) is 4.23. The second-order valence-corrected chi connectivity index (χ2v) is 8.11. The number of hydrogen-bond donors (Lipinski definition) is 1. The van der Waals surface area contributed by atoms with Crippen molar-refractivity contribution in [1.82, 2.24) is 9.96 Å². The van der Waals surface area contributed by atoms with Crippen LogP contribution in [-0.2, 0) is 25.4 Å². The highest BCUT2D eigenvalue weighted by Crippen LogP contribution is 2.46. The van der Waals surface area contributed by atoms with Gasteiger partial charge >= 0.3 is 6.18 Å². The van der Waals surface area contributed by atoms with E-state index in [4.69, 9.17) is 10.6 Å². The van der Waals surface area contributed by atoms with Gasteiger partial charge < -0.3 is 5.73 Å². The fourth-order valence-corrected chi connectivity index (χ4v) is 4.41. The van der Waals surface area contributed by atoms with E-state index in [0.717, 1.165) is 22.6 Å². The van der Waals surface area contributed by atoms with Crippen LogP contribution in [0.2, 0.25) is 0 Å². The number of imide groups is 1. The summed E-state index contributed by atoms with van der Waals surface area (Å²) in [7, 11) is 0. The van der Waals surface area contributed by atoms with Crippen LogP contribution in [0.5, 0.6) is 0 Å². The first-order chi connectivity index (χ1) is 15.6. The third-order valence-corrected chi connectivity index (χ3v) is 6.06. The molecule has 2 aromatic rings. The van der Waals surface area contributed by atoms with Gasteiger partial charge in [-0.05, 0) is 30.2 Å². The van der Waals surface area contributed by atoms with Gasteiger partial charge in [-0.2, -0.15) is 18.2 Å². The van der Waals surface area contributed by atoms with Crippen LogP contribution in [-0.4, -0.2) is 40.3 Å². The molecule has 2 aliphatic rings. The molecule has 2 saturated heterocycles. The van der Waals surface area contributed by atoms with Crippen LogP contribution in [0.3, 0.4) is 0 Å². The highest BCUT2D eigenvalue weighted by Gasteiger charge is 2.60. The summed E-state index contributed by atoms with van der Waals surface area (Å²) < 4.78 is 39.1. The second kappa shape index (κ2) is 8.60. The Kier molecular flexibility index (Phi) is 5.98. The van der Waals surface area contributed by atoms with Crippen molar-refractivity contribution in [3.05, 3.63) is 71.3 Å². The van der Waals surface area contributed by atoms with Gasteiger partial charge in [-0.3, -0.25) is 24.1 Å². The Balaban J connectivity index is 1.67. The Hall–Kier alpha value is -3.24. The lowest BCUT2D eigenvalue weighted by molar-refractivity contribution is -0.181. The lowest BCUT2D eigenvalue weighted by Crippen LogP contribution is -2.39. The van der Waals surface area contributed by atoms with Crippen LogP contribution in [0.25, 0.3) is 0 Å². The molecule has 4 unspecified atom stereocenters. The molecule has 2 N–H and O–H groups in total. The van der Waals surface area contributed by atoms with Gasteiger partial charge in [0.1, 0.15) is 0 Å². The smallest absolute Gasteiger partial charge is 0.370 e. The van der Waals surface area contributed by atoms with Crippen molar-refractivity contribution in [3.8, 4) is 0 Å². The first-order valence-corrected chi connectivity index (χ1v) is 10.4. The molecule has 0 aromatic heterocycles. The molecule has 174 valence electrons. The molecule has 4 atom stereocenters. The van der Waals surface area contributed by atoms with Crippen molar-refractivity contribution in [2.75, 3.05) is 6.54 Å². The average Bonchev–Trinajstić information content (AvgIpc) is 3.27. The van der Waals surface area contributed by atoms with Crippen LogP contribution < -0.4 is 5.73 Å². The van der Waals surface area contributed by atoms with E-state index >= 15 is 0 Å². The molecule has 0 aliphatic carbocycles. The predicted octanol–water partition coefficient (Wildman–Crippen LogP) is 2.98. The second-order valence-electron chi connectivity index (χ2n) is 8.11. The molecule has 2 aromatic carbocycles. The summed E-state index contributed by atoms with van der Waals surface area (Å²) in [6, 6.07) is 12.0. The van der Waals surface area contributed by atoms with Crippen LogP contribution in [0.15, 0.2) is 54.6 Å². The normalized spacial score (nSPS) is 24.2. The standard InChI is InChI=1S/C23H22F3N3O4/c1-13(14-5-3-2-4-6-14)29-21(31)18-19(15-7-9-16(10-8-15)23(24,25)26)28(12-11-17(27)30)33-20(18)22(29)32/h2-10,13,18-20H,11-12H2,1H3,(H2,27,30). The quantitative estimate of drug-likeness (QED) is 0.668. The Bertz CT molecular complexity index is 1060. The highest BCUT2D eigenvalue weighted by atomic mass is 19.4. The van der Waals surface area contributed by atoms with Gasteiger partial charge in [-0.25, -0.2) is 0 Å². The fourth-order valence-electron chi connectivity index (χ4n) is 4.41. The Morgan fingerprint density at radius 2 is 1.70 bits per heavy atom. The Labute approximate surface area is 187 Å². The first-order valence-electron chi connectivity index (χ1n) is 10.4. The van der Waals surface area contributed by atoms with E-state index in [1.165, 1.54) is 17.2 Å². The maximum atomic E-state index is 13.4. The topological polar surface area (TPSA) is 92.9 Å². The molecule has 0 radical (unpaired) electrons. The molecular weight excluding hydrogens is 439 g/mol.